The molecule has 0 heterocycles. The number of aliphatic carboxylic acids is 1. The number of carboxylic acid groups (broad SMARTS) is 1. The van der Waals surface area contributed by atoms with Crippen molar-refractivity contribution in [2.45, 2.75) is 18.0 Å². The number of hydrogen-bond acceptors (Lipinski definition) is 5. The Morgan fingerprint density at radius 1 is 0.844 bits per heavy atom. The molecule has 4 rings (SSSR count). The van der Waals surface area contributed by atoms with Crippen LogP contribution in [0.5, 0.6) is 11.5 Å². The van der Waals surface area contributed by atoms with Crippen molar-refractivity contribution in [1.29, 1.82) is 0 Å². The fourth-order valence-corrected chi connectivity index (χ4v) is 4.89. The number of ether oxygens (including phenoxy) is 1. The largest absolute Gasteiger partial charge is 0.480 e. The predicted octanol–water partition coefficient (Wildman–Crippen LogP) is 6.91. The second-order valence-corrected chi connectivity index (χ2v) is 10.6. The van der Waals surface area contributed by atoms with E-state index in [4.69, 9.17) is 4.74 Å². The van der Waals surface area contributed by atoms with Gasteiger partial charge < -0.3 is 20.5 Å². The first kappa shape index (κ1) is 32.8. The quantitative estimate of drug-likeness (QED) is 0.115. The molecular formula is C33H26F4N2O5S. The molecule has 45 heavy (non-hydrogen) atoms. The van der Waals surface area contributed by atoms with Gasteiger partial charge in [0.15, 0.2) is 0 Å². The van der Waals surface area contributed by atoms with Gasteiger partial charge >= 0.3 is 12.1 Å². The van der Waals surface area contributed by atoms with E-state index in [0.29, 0.717) is 22.8 Å². The Balaban J connectivity index is 1.53. The third-order valence-electron chi connectivity index (χ3n) is 6.21. The highest BCUT2D eigenvalue weighted by molar-refractivity contribution is 7.98. The van der Waals surface area contributed by atoms with Gasteiger partial charge in [-0.3, -0.25) is 9.59 Å². The van der Waals surface area contributed by atoms with Crippen LogP contribution in [0.4, 0.5) is 17.6 Å². The Morgan fingerprint density at radius 3 is 2.02 bits per heavy atom. The van der Waals surface area contributed by atoms with Gasteiger partial charge in [-0.15, -0.1) is 0 Å². The van der Waals surface area contributed by atoms with Gasteiger partial charge in [0.1, 0.15) is 29.1 Å². The summed E-state index contributed by atoms with van der Waals surface area (Å²) >= 11 is 1.29. The van der Waals surface area contributed by atoms with Gasteiger partial charge in [-0.1, -0.05) is 42.5 Å². The lowest BCUT2D eigenvalue weighted by atomic mass is 10.1. The lowest BCUT2D eigenvalue weighted by molar-refractivity contribution is -0.140. The summed E-state index contributed by atoms with van der Waals surface area (Å²) in [5.74, 6) is -2.23. The Hall–Kier alpha value is -5.10. The smallest absolute Gasteiger partial charge is 0.416 e. The minimum Gasteiger partial charge on any atom is -0.480 e. The lowest BCUT2D eigenvalue weighted by Gasteiger charge is -2.17. The molecule has 0 radical (unpaired) electrons. The maximum absolute atomic E-state index is 13.3. The zero-order valence-corrected chi connectivity index (χ0v) is 24.2. The highest BCUT2D eigenvalue weighted by Gasteiger charge is 2.30. The molecule has 12 heteroatoms. The number of carboxylic acids is 1. The normalized spacial score (nSPS) is 12.2. The molecule has 0 fully saturated rings. The Bertz CT molecular complexity index is 1640. The minimum absolute atomic E-state index is 0.0194. The zero-order chi connectivity index (χ0) is 32.4. The van der Waals surface area contributed by atoms with Crippen LogP contribution in [-0.4, -0.2) is 34.7 Å². The topological polar surface area (TPSA) is 105 Å². The molecule has 232 valence electrons. The second-order valence-electron chi connectivity index (χ2n) is 9.58. The van der Waals surface area contributed by atoms with Crippen LogP contribution in [0.2, 0.25) is 0 Å². The highest BCUT2D eigenvalue weighted by atomic mass is 32.2. The van der Waals surface area contributed by atoms with E-state index in [2.05, 4.69) is 10.6 Å². The van der Waals surface area contributed by atoms with Crippen molar-refractivity contribution >= 4 is 35.6 Å². The van der Waals surface area contributed by atoms with Crippen molar-refractivity contribution in [3.05, 3.63) is 137 Å². The molecule has 0 saturated carbocycles. The van der Waals surface area contributed by atoms with Crippen molar-refractivity contribution < 1.29 is 41.8 Å². The van der Waals surface area contributed by atoms with Gasteiger partial charge in [0.25, 0.3) is 11.8 Å². The molecule has 0 aliphatic carbocycles. The second kappa shape index (κ2) is 15.1. The first-order chi connectivity index (χ1) is 21.5. The fraction of sp³-hybridized carbons (Fsp3) is 0.121. The van der Waals surface area contributed by atoms with Crippen LogP contribution >= 0.6 is 11.8 Å². The molecule has 1 atom stereocenters. The Morgan fingerprint density at radius 2 is 1.44 bits per heavy atom. The zero-order valence-electron chi connectivity index (χ0n) is 23.4. The van der Waals surface area contributed by atoms with Gasteiger partial charge in [-0.25, -0.2) is 9.18 Å². The monoisotopic (exact) mass is 638 g/mol. The molecule has 0 bridgehead atoms. The van der Waals surface area contributed by atoms with Crippen molar-refractivity contribution in [2.75, 3.05) is 5.75 Å². The van der Waals surface area contributed by atoms with Crippen molar-refractivity contribution in [3.63, 3.8) is 0 Å². The molecule has 7 nitrogen and oxygen atoms in total. The molecule has 0 aromatic heterocycles. The fourth-order valence-electron chi connectivity index (χ4n) is 3.88. The number of benzene rings is 4. The molecule has 3 N–H and O–H groups in total. The lowest BCUT2D eigenvalue weighted by Crippen LogP contribution is -2.45. The molecule has 1 unspecified atom stereocenters. The molecule has 2 amide bonds. The van der Waals surface area contributed by atoms with Gasteiger partial charge in [-0.2, -0.15) is 24.9 Å². The Kier molecular flexibility index (Phi) is 11.0. The number of carbonyl (C=O) groups is 3. The van der Waals surface area contributed by atoms with Crippen LogP contribution < -0.4 is 15.4 Å². The SMILES string of the molecule is O=C(NC(CSCc1ccccc1)C(=O)O)C(=Cc1ccc(Oc2ccc(F)cc2)cc1)NC(=O)c1ccc(C(F)(F)F)cc1. The van der Waals surface area contributed by atoms with Crippen LogP contribution in [-0.2, 0) is 21.5 Å². The van der Waals surface area contributed by atoms with Crippen LogP contribution in [0.15, 0.2) is 109 Å². The van der Waals surface area contributed by atoms with Crippen molar-refractivity contribution in [3.8, 4) is 11.5 Å². The predicted molar refractivity (Wildman–Crippen MR) is 162 cm³/mol. The van der Waals surface area contributed by atoms with Crippen LogP contribution in [0, 0.1) is 5.82 Å². The Labute approximate surface area is 259 Å². The van der Waals surface area contributed by atoms with E-state index in [9.17, 15) is 37.1 Å². The molecule has 0 saturated heterocycles. The van der Waals surface area contributed by atoms with E-state index in [1.54, 1.807) is 24.3 Å². The number of amides is 2. The van der Waals surface area contributed by atoms with E-state index < -0.39 is 41.4 Å². The van der Waals surface area contributed by atoms with Crippen LogP contribution in [0.25, 0.3) is 6.08 Å². The third-order valence-corrected chi connectivity index (χ3v) is 7.31. The van der Waals surface area contributed by atoms with Gasteiger partial charge in [0, 0.05) is 17.1 Å². The van der Waals surface area contributed by atoms with Gasteiger partial charge in [0.2, 0.25) is 0 Å². The van der Waals surface area contributed by atoms with Gasteiger partial charge in [0.05, 0.1) is 5.56 Å². The number of nitrogens with one attached hydrogen (secondary N) is 2. The molecule has 0 spiro atoms. The molecule has 0 aliphatic heterocycles. The maximum atomic E-state index is 13.3. The molecular weight excluding hydrogens is 612 g/mol. The number of thioether (sulfide) groups is 1. The first-order valence-electron chi connectivity index (χ1n) is 13.4. The van der Waals surface area contributed by atoms with E-state index in [0.717, 1.165) is 29.8 Å². The summed E-state index contributed by atoms with van der Waals surface area (Å²) in [6.45, 7) is 0. The van der Waals surface area contributed by atoms with E-state index >= 15 is 0 Å². The number of rotatable bonds is 12. The summed E-state index contributed by atoms with van der Waals surface area (Å²) < 4.78 is 57.8. The van der Waals surface area contributed by atoms with Crippen molar-refractivity contribution in [1.82, 2.24) is 10.6 Å². The summed E-state index contributed by atoms with van der Waals surface area (Å²) in [6.07, 6.45) is -3.31. The highest BCUT2D eigenvalue weighted by Crippen LogP contribution is 2.29. The maximum Gasteiger partial charge on any atom is 0.416 e. The van der Waals surface area contributed by atoms with Gasteiger partial charge in [-0.05, 0) is 77.9 Å². The summed E-state index contributed by atoms with van der Waals surface area (Å²) in [4.78, 5) is 38.2. The minimum atomic E-state index is -4.60. The summed E-state index contributed by atoms with van der Waals surface area (Å²) in [7, 11) is 0. The standard InChI is InChI=1S/C33H26F4N2O5S/c34-25-12-16-27(17-13-25)44-26-14-6-21(7-15-26)18-28(38-30(40)23-8-10-24(11-9-23)33(35,36)37)31(41)39-29(32(42)43)20-45-19-22-4-2-1-3-5-22/h1-18,29H,19-20H2,(H,38,40)(H,39,41)(H,42,43). The number of hydrogen-bond donors (Lipinski definition) is 3. The van der Waals surface area contributed by atoms with E-state index in [1.807, 2.05) is 30.3 Å². The molecule has 4 aromatic carbocycles. The summed E-state index contributed by atoms with van der Waals surface area (Å²) in [5.41, 5.74) is -0.0731. The van der Waals surface area contributed by atoms with Crippen LogP contribution in [0.3, 0.4) is 0 Å². The van der Waals surface area contributed by atoms with Crippen LogP contribution in [0.1, 0.15) is 27.0 Å². The molecule has 4 aromatic rings. The van der Waals surface area contributed by atoms with E-state index in [1.165, 1.54) is 42.1 Å². The number of carbonyl (C=O) groups excluding carboxylic acids is 2. The summed E-state index contributed by atoms with van der Waals surface area (Å²) in [6, 6.07) is 23.0. The molecule has 0 aliphatic rings. The number of halogens is 4. The average molecular weight is 639 g/mol. The summed E-state index contributed by atoms with van der Waals surface area (Å²) in [5, 5.41) is 14.5. The van der Waals surface area contributed by atoms with Crippen molar-refractivity contribution in [2.24, 2.45) is 0 Å². The third kappa shape index (κ3) is 9.97. The first-order valence-corrected chi connectivity index (χ1v) is 14.5. The van der Waals surface area contributed by atoms with E-state index in [-0.39, 0.29) is 17.0 Å². The average Bonchev–Trinajstić information content (AvgIpc) is 3.02. The number of alkyl halides is 3.